The molecule has 0 heterocycles. The van der Waals surface area contributed by atoms with Gasteiger partial charge in [-0.15, -0.1) is 0 Å². The zero-order valence-corrected chi connectivity index (χ0v) is 8.16. The van der Waals surface area contributed by atoms with E-state index in [-0.39, 0.29) is 57.4 Å². The van der Waals surface area contributed by atoms with Crippen LogP contribution in [0.1, 0.15) is 1.43 Å². The van der Waals surface area contributed by atoms with Crippen LogP contribution in [0.4, 0.5) is 0 Å². The first-order chi connectivity index (χ1) is 4.31. The van der Waals surface area contributed by atoms with Crippen LogP contribution in [0.15, 0.2) is 0 Å². The van der Waals surface area contributed by atoms with Crippen LogP contribution >= 0.6 is 0 Å². The van der Waals surface area contributed by atoms with Crippen molar-refractivity contribution >= 4 is 0 Å². The fourth-order valence-corrected chi connectivity index (χ4v) is 0.337. The van der Waals surface area contributed by atoms with E-state index in [0.717, 1.165) is 0 Å². The summed E-state index contributed by atoms with van der Waals surface area (Å²) in [6.45, 7) is -0.0717. The summed E-state index contributed by atoms with van der Waals surface area (Å²) in [4.78, 5) is 0. The SMILES string of the molecule is OCCOCC(O)CO.[H-].[Na+]. The Balaban J connectivity index is -0.000000320. The zero-order chi connectivity index (χ0) is 7.11. The summed E-state index contributed by atoms with van der Waals surface area (Å²) in [5.41, 5.74) is 0. The Kier molecular flexibility index (Phi) is 13.2. The number of hydrogen-bond acceptors (Lipinski definition) is 4. The van der Waals surface area contributed by atoms with Gasteiger partial charge in [0.15, 0.2) is 0 Å². The summed E-state index contributed by atoms with van der Waals surface area (Å²) < 4.78 is 4.68. The van der Waals surface area contributed by atoms with Gasteiger partial charge in [-0.2, -0.15) is 0 Å². The van der Waals surface area contributed by atoms with Gasteiger partial charge in [0.1, 0.15) is 6.10 Å². The van der Waals surface area contributed by atoms with E-state index in [1.807, 2.05) is 0 Å². The second-order valence-corrected chi connectivity index (χ2v) is 1.63. The van der Waals surface area contributed by atoms with Gasteiger partial charge in [-0.3, -0.25) is 0 Å². The molecule has 0 aliphatic rings. The topological polar surface area (TPSA) is 69.9 Å². The summed E-state index contributed by atoms with van der Waals surface area (Å²) in [5.74, 6) is 0. The molecule has 0 spiro atoms. The van der Waals surface area contributed by atoms with Crippen molar-refractivity contribution in [2.75, 3.05) is 26.4 Å². The van der Waals surface area contributed by atoms with E-state index >= 15 is 0 Å². The number of hydrogen-bond donors (Lipinski definition) is 3. The molecule has 0 aromatic carbocycles. The first-order valence-corrected chi connectivity index (χ1v) is 2.78. The molecule has 1 unspecified atom stereocenters. The molecule has 5 heteroatoms. The monoisotopic (exact) mass is 160 g/mol. The molecule has 1 atom stereocenters. The molecule has 0 fully saturated rings. The Hall–Kier alpha value is 0.840. The second-order valence-electron chi connectivity index (χ2n) is 1.63. The Morgan fingerprint density at radius 2 is 2.00 bits per heavy atom. The van der Waals surface area contributed by atoms with Crippen molar-refractivity contribution in [1.82, 2.24) is 0 Å². The third-order valence-electron chi connectivity index (χ3n) is 0.757. The predicted molar refractivity (Wildman–Crippen MR) is 32.1 cm³/mol. The smallest absolute Gasteiger partial charge is 1.00 e. The molecule has 0 amide bonds. The van der Waals surface area contributed by atoms with Crippen LogP contribution in [0.2, 0.25) is 0 Å². The fourth-order valence-electron chi connectivity index (χ4n) is 0.337. The third kappa shape index (κ3) is 8.84. The molecule has 0 bridgehead atoms. The van der Waals surface area contributed by atoms with Crippen LogP contribution in [0.3, 0.4) is 0 Å². The van der Waals surface area contributed by atoms with E-state index in [1.165, 1.54) is 0 Å². The maximum atomic E-state index is 8.63. The van der Waals surface area contributed by atoms with Gasteiger partial charge in [0.2, 0.25) is 0 Å². The van der Waals surface area contributed by atoms with Gasteiger partial charge in [-0.1, -0.05) is 0 Å². The molecule has 3 N–H and O–H groups in total. The third-order valence-corrected chi connectivity index (χ3v) is 0.757. The van der Waals surface area contributed by atoms with Crippen LogP contribution in [-0.2, 0) is 4.74 Å². The Morgan fingerprint density at radius 3 is 2.40 bits per heavy atom. The minimum atomic E-state index is -0.823. The summed E-state index contributed by atoms with van der Waals surface area (Å²) in [6.07, 6.45) is -0.823. The van der Waals surface area contributed by atoms with Crippen molar-refractivity contribution in [3.8, 4) is 0 Å². The normalized spacial score (nSPS) is 12.3. The van der Waals surface area contributed by atoms with Crippen molar-refractivity contribution in [3.05, 3.63) is 0 Å². The summed E-state index contributed by atoms with van der Waals surface area (Å²) in [6, 6.07) is 0. The molecule has 0 saturated heterocycles. The fraction of sp³-hybridized carbons (Fsp3) is 1.00. The van der Waals surface area contributed by atoms with Gasteiger partial charge in [-0.25, -0.2) is 0 Å². The molecule has 0 saturated carbocycles. The molecule has 10 heavy (non-hydrogen) atoms. The maximum absolute atomic E-state index is 8.63. The van der Waals surface area contributed by atoms with Gasteiger partial charge in [-0.05, 0) is 0 Å². The first kappa shape index (κ1) is 13.4. The van der Waals surface area contributed by atoms with Crippen molar-refractivity contribution in [3.63, 3.8) is 0 Å². The van der Waals surface area contributed by atoms with E-state index in [2.05, 4.69) is 4.74 Å². The first-order valence-electron chi connectivity index (χ1n) is 2.78. The van der Waals surface area contributed by atoms with Gasteiger partial charge in [0.25, 0.3) is 0 Å². The van der Waals surface area contributed by atoms with E-state index in [1.54, 1.807) is 0 Å². The minimum Gasteiger partial charge on any atom is -1.00 e. The van der Waals surface area contributed by atoms with Crippen molar-refractivity contribution in [2.24, 2.45) is 0 Å². The van der Waals surface area contributed by atoms with Crippen LogP contribution in [-0.4, -0.2) is 47.9 Å². The van der Waals surface area contributed by atoms with Gasteiger partial charge < -0.3 is 21.5 Å². The molecular weight excluding hydrogens is 147 g/mol. The largest absolute Gasteiger partial charge is 1.00 e. The quantitative estimate of drug-likeness (QED) is 0.280. The Morgan fingerprint density at radius 1 is 1.40 bits per heavy atom. The summed E-state index contributed by atoms with van der Waals surface area (Å²) >= 11 is 0. The number of ether oxygens (including phenoxy) is 1. The van der Waals surface area contributed by atoms with E-state index in [0.29, 0.717) is 0 Å². The van der Waals surface area contributed by atoms with E-state index in [9.17, 15) is 0 Å². The van der Waals surface area contributed by atoms with E-state index in [4.69, 9.17) is 15.3 Å². The van der Waals surface area contributed by atoms with Crippen LogP contribution in [0.5, 0.6) is 0 Å². The standard InChI is InChI=1S/C5H12O4.Na.H/c6-1-2-9-4-5(8)3-7;;/h5-8H,1-4H2;;/q;+1;-1. The molecule has 0 aromatic heterocycles. The Bertz CT molecular complexity index is 66.4. The molecular formula is C5H13NaO4. The minimum absolute atomic E-state index is 0. The van der Waals surface area contributed by atoms with Crippen molar-refractivity contribution in [1.29, 1.82) is 0 Å². The van der Waals surface area contributed by atoms with E-state index < -0.39 is 6.10 Å². The molecule has 4 nitrogen and oxygen atoms in total. The maximum Gasteiger partial charge on any atom is 1.00 e. The molecule has 0 aliphatic heterocycles. The molecule has 0 aromatic rings. The summed E-state index contributed by atoms with van der Waals surface area (Å²) in [7, 11) is 0. The average molecular weight is 160 g/mol. The molecule has 0 aliphatic carbocycles. The number of aliphatic hydroxyl groups excluding tert-OH is 3. The van der Waals surface area contributed by atoms with Crippen LogP contribution in [0.25, 0.3) is 0 Å². The van der Waals surface area contributed by atoms with Gasteiger partial charge >= 0.3 is 29.6 Å². The van der Waals surface area contributed by atoms with Gasteiger partial charge in [0, 0.05) is 0 Å². The predicted octanol–water partition coefficient (Wildman–Crippen LogP) is -4.53. The van der Waals surface area contributed by atoms with Gasteiger partial charge in [0.05, 0.1) is 26.4 Å². The molecule has 58 valence electrons. The van der Waals surface area contributed by atoms with Crippen molar-refractivity contribution in [2.45, 2.75) is 6.10 Å². The zero-order valence-electron chi connectivity index (χ0n) is 7.16. The Labute approximate surface area is 83.6 Å². The molecule has 0 rings (SSSR count). The molecule has 0 radical (unpaired) electrons. The number of rotatable bonds is 5. The summed E-state index contributed by atoms with van der Waals surface area (Å²) in [5, 5.41) is 25.1. The van der Waals surface area contributed by atoms with Crippen LogP contribution in [0, 0.1) is 0 Å². The number of aliphatic hydroxyl groups is 3. The second kappa shape index (κ2) is 9.84. The van der Waals surface area contributed by atoms with Crippen molar-refractivity contribution < 1.29 is 51.0 Å². The van der Waals surface area contributed by atoms with Crippen LogP contribution < -0.4 is 29.6 Å². The average Bonchev–Trinajstić information content (AvgIpc) is 1.89.